The summed E-state index contributed by atoms with van der Waals surface area (Å²) in [5.74, 6) is -0.352. The van der Waals surface area contributed by atoms with Crippen molar-refractivity contribution in [3.8, 4) is 0 Å². The fourth-order valence-electron chi connectivity index (χ4n) is 2.55. The van der Waals surface area contributed by atoms with Gasteiger partial charge in [0.15, 0.2) is 5.01 Å². The number of amides is 2. The van der Waals surface area contributed by atoms with Crippen LogP contribution in [0.3, 0.4) is 0 Å². The predicted octanol–water partition coefficient (Wildman–Crippen LogP) is 2.62. The van der Waals surface area contributed by atoms with Crippen molar-refractivity contribution in [3.05, 3.63) is 28.8 Å². The van der Waals surface area contributed by atoms with Crippen LogP contribution in [0.25, 0.3) is 10.2 Å². The topological polar surface area (TPSA) is 53.5 Å². The number of benzene rings is 1. The van der Waals surface area contributed by atoms with E-state index in [4.69, 9.17) is 0 Å². The highest BCUT2D eigenvalue weighted by Crippen LogP contribution is 2.33. The molecule has 3 rings (SSSR count). The molecule has 1 aromatic heterocycles. The maximum Gasteiger partial charge on any atom is 0.416 e. The summed E-state index contributed by atoms with van der Waals surface area (Å²) in [6.45, 7) is 3.15. The van der Waals surface area contributed by atoms with Gasteiger partial charge in [-0.25, -0.2) is 4.98 Å². The first-order valence-electron chi connectivity index (χ1n) is 7.28. The first-order valence-corrected chi connectivity index (χ1v) is 8.10. The third-order valence-corrected chi connectivity index (χ3v) is 4.93. The van der Waals surface area contributed by atoms with Crippen LogP contribution in [0, 0.1) is 0 Å². The Morgan fingerprint density at radius 3 is 2.33 bits per heavy atom. The van der Waals surface area contributed by atoms with Crippen LogP contribution in [-0.4, -0.2) is 52.8 Å². The van der Waals surface area contributed by atoms with Gasteiger partial charge in [0.25, 0.3) is 5.91 Å². The minimum absolute atomic E-state index is 0.0400. The molecule has 1 aliphatic rings. The maximum atomic E-state index is 12.7. The summed E-state index contributed by atoms with van der Waals surface area (Å²) in [5.41, 5.74) is -0.616. The number of hydrogen-bond acceptors (Lipinski definition) is 4. The van der Waals surface area contributed by atoms with E-state index in [9.17, 15) is 22.8 Å². The second-order valence-electron chi connectivity index (χ2n) is 5.50. The normalized spacial score (nSPS) is 15.8. The molecule has 1 aliphatic heterocycles. The average molecular weight is 357 g/mol. The highest BCUT2D eigenvalue weighted by atomic mass is 32.1. The van der Waals surface area contributed by atoms with Crippen molar-refractivity contribution in [2.24, 2.45) is 0 Å². The molecule has 0 unspecified atom stereocenters. The third kappa shape index (κ3) is 3.21. The predicted molar refractivity (Wildman–Crippen MR) is 82.8 cm³/mol. The molecule has 0 bridgehead atoms. The monoisotopic (exact) mass is 357 g/mol. The lowest BCUT2D eigenvalue weighted by Crippen LogP contribution is -2.50. The minimum atomic E-state index is -4.44. The molecule has 0 aliphatic carbocycles. The van der Waals surface area contributed by atoms with E-state index in [1.165, 1.54) is 13.0 Å². The van der Waals surface area contributed by atoms with Gasteiger partial charge in [0.05, 0.1) is 15.8 Å². The molecule has 0 radical (unpaired) electrons. The molecule has 128 valence electrons. The first-order chi connectivity index (χ1) is 11.3. The summed E-state index contributed by atoms with van der Waals surface area (Å²) >= 11 is 1.08. The van der Waals surface area contributed by atoms with Crippen LogP contribution >= 0.6 is 11.3 Å². The quantitative estimate of drug-likeness (QED) is 0.788. The van der Waals surface area contributed by atoms with Gasteiger partial charge in [0.2, 0.25) is 5.91 Å². The van der Waals surface area contributed by atoms with Crippen molar-refractivity contribution in [3.63, 3.8) is 0 Å². The Kier molecular flexibility index (Phi) is 4.20. The summed E-state index contributed by atoms with van der Waals surface area (Å²) in [5, 5.41) is 0.167. The van der Waals surface area contributed by atoms with Crippen molar-refractivity contribution in [1.82, 2.24) is 14.8 Å². The van der Waals surface area contributed by atoms with E-state index < -0.39 is 11.7 Å². The Morgan fingerprint density at radius 2 is 1.75 bits per heavy atom. The SMILES string of the molecule is CC(=O)N1CCN(C(=O)c2nc3cc(C(F)(F)F)ccc3s2)CC1. The number of fused-ring (bicyclic) bond motifs is 1. The smallest absolute Gasteiger partial charge is 0.339 e. The van der Waals surface area contributed by atoms with Crippen molar-refractivity contribution in [2.45, 2.75) is 13.1 Å². The van der Waals surface area contributed by atoms with E-state index in [1.54, 1.807) is 9.80 Å². The number of carbonyl (C=O) groups excluding carboxylic acids is 2. The molecule has 1 saturated heterocycles. The van der Waals surface area contributed by atoms with Crippen LogP contribution in [0.1, 0.15) is 22.3 Å². The van der Waals surface area contributed by atoms with Gasteiger partial charge >= 0.3 is 6.18 Å². The number of rotatable bonds is 1. The zero-order chi connectivity index (χ0) is 17.5. The van der Waals surface area contributed by atoms with Gasteiger partial charge in [-0.1, -0.05) is 0 Å². The molecule has 1 fully saturated rings. The number of carbonyl (C=O) groups is 2. The molecule has 9 heteroatoms. The molecule has 0 spiro atoms. The lowest BCUT2D eigenvalue weighted by Gasteiger charge is -2.33. The van der Waals surface area contributed by atoms with Gasteiger partial charge in [0, 0.05) is 33.1 Å². The molecule has 2 heterocycles. The molecule has 0 saturated carbocycles. The van der Waals surface area contributed by atoms with Gasteiger partial charge < -0.3 is 9.80 Å². The van der Waals surface area contributed by atoms with Gasteiger partial charge in [-0.15, -0.1) is 11.3 Å². The molecule has 2 amide bonds. The van der Waals surface area contributed by atoms with Gasteiger partial charge in [-0.3, -0.25) is 9.59 Å². The Hall–Kier alpha value is -2.16. The number of halogens is 3. The number of thiazole rings is 1. The molecular formula is C15H14F3N3O2S. The largest absolute Gasteiger partial charge is 0.416 e. The average Bonchev–Trinajstić information content (AvgIpc) is 2.96. The van der Waals surface area contributed by atoms with Crippen LogP contribution in [0.4, 0.5) is 13.2 Å². The second-order valence-corrected chi connectivity index (χ2v) is 6.53. The second kappa shape index (κ2) is 6.04. The van der Waals surface area contributed by atoms with E-state index in [0.717, 1.165) is 23.5 Å². The van der Waals surface area contributed by atoms with Gasteiger partial charge in [0.1, 0.15) is 0 Å². The molecule has 24 heavy (non-hydrogen) atoms. The Bertz CT molecular complexity index is 795. The zero-order valence-electron chi connectivity index (χ0n) is 12.8. The molecule has 2 aromatic rings. The lowest BCUT2D eigenvalue weighted by molar-refractivity contribution is -0.137. The summed E-state index contributed by atoms with van der Waals surface area (Å²) in [6, 6.07) is 3.27. The minimum Gasteiger partial charge on any atom is -0.339 e. The molecule has 5 nitrogen and oxygen atoms in total. The van der Waals surface area contributed by atoms with E-state index in [-0.39, 0.29) is 22.3 Å². The van der Waals surface area contributed by atoms with Crippen LogP contribution in [0.15, 0.2) is 18.2 Å². The number of piperazine rings is 1. The van der Waals surface area contributed by atoms with Crippen LogP contribution in [-0.2, 0) is 11.0 Å². The third-order valence-electron chi connectivity index (χ3n) is 3.91. The van der Waals surface area contributed by atoms with Crippen molar-refractivity contribution >= 4 is 33.4 Å². The fourth-order valence-corrected chi connectivity index (χ4v) is 3.47. The fraction of sp³-hybridized carbons (Fsp3) is 0.400. The molecular weight excluding hydrogens is 343 g/mol. The summed E-state index contributed by atoms with van der Waals surface area (Å²) in [4.78, 5) is 31.1. The highest BCUT2D eigenvalue weighted by Gasteiger charge is 2.31. The Morgan fingerprint density at radius 1 is 1.12 bits per heavy atom. The van der Waals surface area contributed by atoms with Crippen molar-refractivity contribution in [1.29, 1.82) is 0 Å². The zero-order valence-corrected chi connectivity index (χ0v) is 13.6. The first kappa shape index (κ1) is 16.7. The van der Waals surface area contributed by atoms with E-state index in [2.05, 4.69) is 4.98 Å². The molecule has 0 atom stereocenters. The van der Waals surface area contributed by atoms with Crippen LogP contribution < -0.4 is 0 Å². The van der Waals surface area contributed by atoms with Crippen LogP contribution in [0.5, 0.6) is 0 Å². The summed E-state index contributed by atoms with van der Waals surface area (Å²) in [7, 11) is 0. The number of hydrogen-bond donors (Lipinski definition) is 0. The summed E-state index contributed by atoms with van der Waals surface area (Å²) in [6.07, 6.45) is -4.44. The Balaban J connectivity index is 1.80. The Labute approximate surface area is 139 Å². The van der Waals surface area contributed by atoms with E-state index in [1.807, 2.05) is 0 Å². The number of aromatic nitrogens is 1. The van der Waals surface area contributed by atoms with E-state index >= 15 is 0 Å². The summed E-state index contributed by atoms with van der Waals surface area (Å²) < 4.78 is 38.8. The number of nitrogens with zero attached hydrogens (tertiary/aromatic N) is 3. The van der Waals surface area contributed by atoms with Crippen molar-refractivity contribution in [2.75, 3.05) is 26.2 Å². The molecule has 0 N–H and O–H groups in total. The van der Waals surface area contributed by atoms with Gasteiger partial charge in [-0.2, -0.15) is 13.2 Å². The van der Waals surface area contributed by atoms with E-state index in [0.29, 0.717) is 30.9 Å². The van der Waals surface area contributed by atoms with Crippen molar-refractivity contribution < 1.29 is 22.8 Å². The lowest BCUT2D eigenvalue weighted by atomic mass is 10.2. The van der Waals surface area contributed by atoms with Crippen LogP contribution in [0.2, 0.25) is 0 Å². The number of alkyl halides is 3. The highest BCUT2D eigenvalue weighted by molar-refractivity contribution is 7.20. The molecule has 1 aromatic carbocycles. The van der Waals surface area contributed by atoms with Gasteiger partial charge in [-0.05, 0) is 18.2 Å². The maximum absolute atomic E-state index is 12.7. The standard InChI is InChI=1S/C15H14F3N3O2S/c1-9(22)20-4-6-21(7-5-20)14(23)13-19-11-8-10(15(16,17)18)2-3-12(11)24-13/h2-3,8H,4-7H2,1H3.